The van der Waals surface area contributed by atoms with E-state index >= 15 is 0 Å². The number of sulfonamides is 1. The molecule has 0 spiro atoms. The third-order valence-electron chi connectivity index (χ3n) is 3.62. The van der Waals surface area contributed by atoms with Gasteiger partial charge < -0.3 is 14.8 Å². The molecule has 0 atom stereocenters. The normalized spacial score (nSPS) is 11.4. The summed E-state index contributed by atoms with van der Waals surface area (Å²) in [7, 11) is -1.26. The Balaban J connectivity index is 1.99. The zero-order valence-electron chi connectivity index (χ0n) is 15.8. The lowest BCUT2D eigenvalue weighted by molar-refractivity contribution is -0.119. The van der Waals surface area contributed by atoms with Crippen LogP contribution in [-0.4, -0.2) is 51.9 Å². The Kier molecular flexibility index (Phi) is 7.71. The van der Waals surface area contributed by atoms with Crippen LogP contribution in [0.5, 0.6) is 5.75 Å². The first-order chi connectivity index (χ1) is 14.0. The number of anilines is 1. The van der Waals surface area contributed by atoms with E-state index in [1.165, 1.54) is 50.5 Å². The first kappa shape index (κ1) is 23.5. The molecule has 0 radical (unpaired) electrons. The third-order valence-corrected chi connectivity index (χ3v) is 5.92. The number of benzene rings is 2. The van der Waals surface area contributed by atoms with Crippen LogP contribution in [0.3, 0.4) is 0 Å². The van der Waals surface area contributed by atoms with Crippen molar-refractivity contribution < 1.29 is 36.3 Å². The lowest BCUT2D eigenvalue weighted by atomic mass is 10.2. The first-order valence-electron chi connectivity index (χ1n) is 8.24. The van der Waals surface area contributed by atoms with Gasteiger partial charge in [0.1, 0.15) is 10.6 Å². The van der Waals surface area contributed by atoms with Crippen LogP contribution in [0.25, 0.3) is 0 Å². The number of amides is 1. The Labute approximate surface area is 176 Å². The highest BCUT2D eigenvalue weighted by Gasteiger charge is 2.23. The molecule has 2 aromatic rings. The zero-order valence-corrected chi connectivity index (χ0v) is 17.3. The fourth-order valence-electron chi connectivity index (χ4n) is 2.16. The van der Waals surface area contributed by atoms with Crippen LogP contribution in [0.4, 0.5) is 14.5 Å². The van der Waals surface area contributed by atoms with Crippen molar-refractivity contribution in [2.24, 2.45) is 0 Å². The van der Waals surface area contributed by atoms with E-state index < -0.39 is 35.1 Å². The summed E-state index contributed by atoms with van der Waals surface area (Å²) < 4.78 is 58.7. The third kappa shape index (κ3) is 6.12. The van der Waals surface area contributed by atoms with E-state index in [-0.39, 0.29) is 26.9 Å². The van der Waals surface area contributed by atoms with Gasteiger partial charge in [0.15, 0.2) is 6.61 Å². The quantitative estimate of drug-likeness (QED) is 0.605. The van der Waals surface area contributed by atoms with E-state index in [1.54, 1.807) is 0 Å². The van der Waals surface area contributed by atoms with Crippen molar-refractivity contribution in [1.82, 2.24) is 4.31 Å². The van der Waals surface area contributed by atoms with Crippen LogP contribution in [0.15, 0.2) is 47.4 Å². The van der Waals surface area contributed by atoms with Crippen LogP contribution < -0.4 is 10.1 Å². The highest BCUT2D eigenvalue weighted by Crippen LogP contribution is 2.25. The van der Waals surface area contributed by atoms with Gasteiger partial charge in [-0.3, -0.25) is 4.79 Å². The minimum atomic E-state index is -3.89. The van der Waals surface area contributed by atoms with Crippen LogP contribution in [-0.2, 0) is 19.6 Å². The highest BCUT2D eigenvalue weighted by molar-refractivity contribution is 7.89. The molecule has 0 aromatic heterocycles. The number of rotatable bonds is 8. The summed E-state index contributed by atoms with van der Waals surface area (Å²) in [6, 6.07) is 8.67. The van der Waals surface area contributed by atoms with Crippen molar-refractivity contribution in [3.05, 3.63) is 53.1 Å². The molecule has 2 rings (SSSR count). The Hall–Kier alpha value is -2.76. The SMILES string of the molecule is CN(C)S(=O)(=O)c1cc(C(=O)OCC(=O)Nc2ccc(OC(F)F)cc2)ccc1Cl. The molecule has 2 aromatic carbocycles. The number of nitrogens with one attached hydrogen (secondary N) is 1. The number of nitrogens with zero attached hydrogens (tertiary/aromatic N) is 1. The Morgan fingerprint density at radius 2 is 1.77 bits per heavy atom. The van der Waals surface area contributed by atoms with Gasteiger partial charge >= 0.3 is 12.6 Å². The maximum atomic E-state index is 12.3. The molecule has 0 saturated carbocycles. The molecule has 0 saturated heterocycles. The zero-order chi connectivity index (χ0) is 22.5. The van der Waals surface area contributed by atoms with Crippen LogP contribution in [0.2, 0.25) is 5.02 Å². The molecule has 1 N–H and O–H groups in total. The van der Waals surface area contributed by atoms with E-state index in [2.05, 4.69) is 10.1 Å². The number of halogens is 3. The monoisotopic (exact) mass is 462 g/mol. The molecule has 0 bridgehead atoms. The molecule has 0 aliphatic carbocycles. The smallest absolute Gasteiger partial charge is 0.387 e. The molecule has 12 heteroatoms. The molecule has 0 heterocycles. The second-order valence-electron chi connectivity index (χ2n) is 5.96. The second kappa shape index (κ2) is 9.83. The largest absolute Gasteiger partial charge is 0.452 e. The van der Waals surface area contributed by atoms with Crippen LogP contribution in [0.1, 0.15) is 10.4 Å². The molecule has 8 nitrogen and oxygen atoms in total. The maximum Gasteiger partial charge on any atom is 0.387 e. The second-order valence-corrected chi connectivity index (χ2v) is 8.49. The summed E-state index contributed by atoms with van der Waals surface area (Å²) in [5.74, 6) is -1.71. The molecule has 30 heavy (non-hydrogen) atoms. The van der Waals surface area contributed by atoms with Gasteiger partial charge in [-0.05, 0) is 42.5 Å². The van der Waals surface area contributed by atoms with Crippen molar-refractivity contribution in [3.8, 4) is 5.75 Å². The van der Waals surface area contributed by atoms with Crippen LogP contribution in [0, 0.1) is 0 Å². The molecule has 1 amide bonds. The van der Waals surface area contributed by atoms with Gasteiger partial charge in [0.05, 0.1) is 10.6 Å². The Morgan fingerprint density at radius 3 is 2.33 bits per heavy atom. The van der Waals surface area contributed by atoms with E-state index in [1.807, 2.05) is 0 Å². The fourth-order valence-corrected chi connectivity index (χ4v) is 3.55. The molecule has 162 valence electrons. The highest BCUT2D eigenvalue weighted by atomic mass is 35.5. The predicted octanol–water partition coefficient (Wildman–Crippen LogP) is 2.99. The standard InChI is InChI=1S/C18H17ClF2N2O6S/c1-23(2)30(26,27)15-9-11(3-8-14(15)19)17(25)28-10-16(24)22-12-4-6-13(7-5-12)29-18(20)21/h3-9,18H,10H2,1-2H3,(H,22,24). The molecule has 0 fully saturated rings. The number of carbonyl (C=O) groups is 2. The fraction of sp³-hybridized carbons (Fsp3) is 0.222. The Bertz CT molecular complexity index is 1030. The van der Waals surface area contributed by atoms with E-state index in [4.69, 9.17) is 16.3 Å². The number of alkyl halides is 2. The topological polar surface area (TPSA) is 102 Å². The molecule has 0 aliphatic heterocycles. The maximum absolute atomic E-state index is 12.3. The van der Waals surface area contributed by atoms with Gasteiger partial charge in [-0.2, -0.15) is 8.78 Å². The van der Waals surface area contributed by atoms with E-state index in [9.17, 15) is 26.8 Å². The molecule has 0 aliphatic rings. The predicted molar refractivity (Wildman–Crippen MR) is 104 cm³/mol. The van der Waals surface area contributed by atoms with Crippen LogP contribution >= 0.6 is 11.6 Å². The molecular formula is C18H17ClF2N2O6S. The minimum absolute atomic E-state index is 0.0720. The lowest BCUT2D eigenvalue weighted by Crippen LogP contribution is -2.23. The van der Waals surface area contributed by atoms with Gasteiger partial charge in [0.25, 0.3) is 5.91 Å². The van der Waals surface area contributed by atoms with Crippen molar-refractivity contribution in [3.63, 3.8) is 0 Å². The van der Waals surface area contributed by atoms with Crippen molar-refractivity contribution in [1.29, 1.82) is 0 Å². The summed E-state index contributed by atoms with van der Waals surface area (Å²) in [6.45, 7) is -3.63. The summed E-state index contributed by atoms with van der Waals surface area (Å²) in [6.07, 6.45) is 0. The first-order valence-corrected chi connectivity index (χ1v) is 10.1. The summed E-state index contributed by atoms with van der Waals surface area (Å²) >= 11 is 5.91. The van der Waals surface area contributed by atoms with Gasteiger partial charge in [0.2, 0.25) is 10.0 Å². The number of ether oxygens (including phenoxy) is 2. The Morgan fingerprint density at radius 1 is 1.13 bits per heavy atom. The summed E-state index contributed by atoms with van der Waals surface area (Å²) in [4.78, 5) is 23.8. The average molecular weight is 463 g/mol. The van der Waals surface area contributed by atoms with Crippen molar-refractivity contribution >= 4 is 39.2 Å². The lowest BCUT2D eigenvalue weighted by Gasteiger charge is -2.13. The van der Waals surface area contributed by atoms with E-state index in [0.717, 1.165) is 10.4 Å². The van der Waals surface area contributed by atoms with Crippen molar-refractivity contribution in [2.45, 2.75) is 11.5 Å². The van der Waals surface area contributed by atoms with Gasteiger partial charge in [0, 0.05) is 19.8 Å². The minimum Gasteiger partial charge on any atom is -0.452 e. The van der Waals surface area contributed by atoms with Gasteiger partial charge in [-0.15, -0.1) is 0 Å². The van der Waals surface area contributed by atoms with E-state index in [0.29, 0.717) is 0 Å². The summed E-state index contributed by atoms with van der Waals surface area (Å²) in [5.41, 5.74) is 0.157. The number of hydrogen-bond acceptors (Lipinski definition) is 6. The van der Waals surface area contributed by atoms with Crippen molar-refractivity contribution in [2.75, 3.05) is 26.0 Å². The summed E-state index contributed by atoms with van der Waals surface area (Å²) in [5, 5.41) is 2.33. The van der Waals surface area contributed by atoms with Gasteiger partial charge in [-0.1, -0.05) is 11.6 Å². The molecular weight excluding hydrogens is 446 g/mol. The van der Waals surface area contributed by atoms with Gasteiger partial charge in [-0.25, -0.2) is 17.5 Å². The number of carbonyl (C=O) groups excluding carboxylic acids is 2. The average Bonchev–Trinajstić information content (AvgIpc) is 2.67. The molecule has 0 unspecified atom stereocenters. The number of esters is 1. The number of hydrogen-bond donors (Lipinski definition) is 1.